The lowest BCUT2D eigenvalue weighted by molar-refractivity contribution is -0.161. The van der Waals surface area contributed by atoms with E-state index in [9.17, 15) is 0 Å². The molecule has 0 bridgehead atoms. The van der Waals surface area contributed by atoms with Gasteiger partial charge in [-0.05, 0) is 13.8 Å². The number of rotatable bonds is 2. The number of benzene rings is 1. The van der Waals surface area contributed by atoms with Gasteiger partial charge in [-0.15, -0.1) is 0 Å². The Morgan fingerprint density at radius 2 is 2.38 bits per heavy atom. The lowest BCUT2D eigenvalue weighted by Crippen LogP contribution is -2.23. The Kier molecular flexibility index (Phi) is 2.95. The highest BCUT2D eigenvalue weighted by Crippen LogP contribution is 2.34. The number of nitriles is 1. The predicted molar refractivity (Wildman–Crippen MR) is 59.6 cm³/mol. The van der Waals surface area contributed by atoms with Crippen LogP contribution in [0.5, 0.6) is 0 Å². The van der Waals surface area contributed by atoms with Crippen molar-refractivity contribution in [2.45, 2.75) is 32.2 Å². The molecule has 0 amide bonds. The fraction of sp³-hybridized carbons (Fsp3) is 0.462. The second-order valence-electron chi connectivity index (χ2n) is 4.23. The Labute approximate surface area is 95.6 Å². The number of hydrogen-bond donors (Lipinski definition) is 0. The van der Waals surface area contributed by atoms with Gasteiger partial charge in [0.05, 0.1) is 25.2 Å². The van der Waals surface area contributed by atoms with Crippen LogP contribution in [0.15, 0.2) is 24.3 Å². The van der Waals surface area contributed by atoms with Gasteiger partial charge >= 0.3 is 0 Å². The Bertz CT molecular complexity index is 424. The first kappa shape index (κ1) is 11.1. The first-order chi connectivity index (χ1) is 7.64. The minimum Gasteiger partial charge on any atom is -0.343 e. The summed E-state index contributed by atoms with van der Waals surface area (Å²) < 4.78 is 11.5. The van der Waals surface area contributed by atoms with Crippen LogP contribution in [0.4, 0.5) is 0 Å². The third-order valence-corrected chi connectivity index (χ3v) is 2.80. The van der Waals surface area contributed by atoms with E-state index in [4.69, 9.17) is 14.7 Å². The Morgan fingerprint density at radius 3 is 3.06 bits per heavy atom. The molecule has 2 unspecified atom stereocenters. The molecule has 0 aliphatic carbocycles. The van der Waals surface area contributed by atoms with E-state index in [2.05, 4.69) is 12.1 Å². The van der Waals surface area contributed by atoms with Crippen molar-refractivity contribution in [3.05, 3.63) is 35.4 Å². The minimum atomic E-state index is -0.701. The van der Waals surface area contributed by atoms with Crippen LogP contribution in [0.1, 0.15) is 24.5 Å². The second kappa shape index (κ2) is 4.25. The van der Waals surface area contributed by atoms with Crippen LogP contribution in [0.2, 0.25) is 0 Å². The van der Waals surface area contributed by atoms with Gasteiger partial charge in [0.25, 0.3) is 0 Å². The standard InChI is InChI=1S/C13H15NO2/c1-10-4-3-5-11(8-10)13(2)15-9-12(16-13)6-7-14/h3-5,8,12H,6,9H2,1-2H3. The maximum absolute atomic E-state index is 8.63. The summed E-state index contributed by atoms with van der Waals surface area (Å²) >= 11 is 0. The van der Waals surface area contributed by atoms with Crippen molar-refractivity contribution in [1.82, 2.24) is 0 Å². The molecule has 1 saturated heterocycles. The lowest BCUT2D eigenvalue weighted by Gasteiger charge is -2.23. The van der Waals surface area contributed by atoms with Gasteiger partial charge in [0.15, 0.2) is 5.79 Å². The number of hydrogen-bond acceptors (Lipinski definition) is 3. The van der Waals surface area contributed by atoms with Crippen molar-refractivity contribution in [2.24, 2.45) is 0 Å². The normalized spacial score (nSPS) is 28.9. The first-order valence-electron chi connectivity index (χ1n) is 5.40. The molecule has 1 aliphatic rings. The molecule has 1 aliphatic heterocycles. The molecule has 1 aromatic carbocycles. The van der Waals surface area contributed by atoms with Crippen molar-refractivity contribution in [3.63, 3.8) is 0 Å². The van der Waals surface area contributed by atoms with Crippen LogP contribution < -0.4 is 0 Å². The molecule has 84 valence electrons. The van der Waals surface area contributed by atoms with Gasteiger partial charge < -0.3 is 9.47 Å². The van der Waals surface area contributed by atoms with Crippen LogP contribution in [0, 0.1) is 18.3 Å². The highest BCUT2D eigenvalue weighted by Gasteiger charge is 2.38. The summed E-state index contributed by atoms with van der Waals surface area (Å²) in [5.41, 5.74) is 2.18. The van der Waals surface area contributed by atoms with E-state index in [0.29, 0.717) is 13.0 Å². The highest BCUT2D eigenvalue weighted by molar-refractivity contribution is 5.26. The average molecular weight is 217 g/mol. The SMILES string of the molecule is Cc1cccc(C2(C)OCC(CC#N)O2)c1. The van der Waals surface area contributed by atoms with Gasteiger partial charge in [0, 0.05) is 5.56 Å². The Hall–Kier alpha value is -1.37. The number of ether oxygens (including phenoxy) is 2. The number of aryl methyl sites for hydroxylation is 1. The monoisotopic (exact) mass is 217 g/mol. The van der Waals surface area contributed by atoms with Crippen molar-refractivity contribution in [2.75, 3.05) is 6.61 Å². The molecule has 1 heterocycles. The zero-order valence-electron chi connectivity index (χ0n) is 9.56. The van der Waals surface area contributed by atoms with Crippen LogP contribution in [0.3, 0.4) is 0 Å². The molecule has 2 atom stereocenters. The maximum Gasteiger partial charge on any atom is 0.192 e. The molecule has 0 N–H and O–H groups in total. The third kappa shape index (κ3) is 2.08. The van der Waals surface area contributed by atoms with Gasteiger partial charge in [-0.3, -0.25) is 0 Å². The zero-order valence-corrected chi connectivity index (χ0v) is 9.56. The highest BCUT2D eigenvalue weighted by atomic mass is 16.7. The van der Waals surface area contributed by atoms with Gasteiger partial charge in [0.2, 0.25) is 0 Å². The zero-order chi connectivity index (χ0) is 11.6. The van der Waals surface area contributed by atoms with Crippen LogP contribution in [0.25, 0.3) is 0 Å². The molecule has 0 radical (unpaired) electrons. The van der Waals surface area contributed by atoms with Crippen molar-refractivity contribution in [3.8, 4) is 6.07 Å². The molecule has 1 aromatic rings. The van der Waals surface area contributed by atoms with E-state index in [1.807, 2.05) is 32.0 Å². The van der Waals surface area contributed by atoms with E-state index in [1.165, 1.54) is 5.56 Å². The Morgan fingerprint density at radius 1 is 1.56 bits per heavy atom. The van der Waals surface area contributed by atoms with Gasteiger partial charge in [-0.25, -0.2) is 0 Å². The molecule has 16 heavy (non-hydrogen) atoms. The molecule has 1 fully saturated rings. The van der Waals surface area contributed by atoms with E-state index < -0.39 is 5.79 Å². The summed E-state index contributed by atoms with van der Waals surface area (Å²) in [6.07, 6.45) is 0.261. The molecule has 0 saturated carbocycles. The summed E-state index contributed by atoms with van der Waals surface area (Å²) in [6.45, 7) is 4.42. The van der Waals surface area contributed by atoms with Gasteiger partial charge in [-0.2, -0.15) is 5.26 Å². The van der Waals surface area contributed by atoms with Crippen LogP contribution in [-0.2, 0) is 15.3 Å². The third-order valence-electron chi connectivity index (χ3n) is 2.80. The second-order valence-corrected chi connectivity index (χ2v) is 4.23. The molecular formula is C13H15NO2. The fourth-order valence-electron chi connectivity index (χ4n) is 1.92. The first-order valence-corrected chi connectivity index (χ1v) is 5.40. The molecule has 0 spiro atoms. The summed E-state index contributed by atoms with van der Waals surface area (Å²) in [7, 11) is 0. The summed E-state index contributed by atoms with van der Waals surface area (Å²) in [5, 5.41) is 8.63. The molecule has 3 nitrogen and oxygen atoms in total. The molecule has 0 aromatic heterocycles. The predicted octanol–water partition coefficient (Wildman–Crippen LogP) is 2.50. The summed E-state index contributed by atoms with van der Waals surface area (Å²) in [6, 6.07) is 10.2. The Balaban J connectivity index is 2.19. The maximum atomic E-state index is 8.63. The van der Waals surface area contributed by atoms with E-state index in [0.717, 1.165) is 5.56 Å². The van der Waals surface area contributed by atoms with E-state index >= 15 is 0 Å². The van der Waals surface area contributed by atoms with Crippen LogP contribution in [-0.4, -0.2) is 12.7 Å². The smallest absolute Gasteiger partial charge is 0.192 e. The molecular weight excluding hydrogens is 202 g/mol. The average Bonchev–Trinajstić information content (AvgIpc) is 2.62. The van der Waals surface area contributed by atoms with Gasteiger partial charge in [0.1, 0.15) is 0 Å². The largest absolute Gasteiger partial charge is 0.343 e. The van der Waals surface area contributed by atoms with E-state index in [1.54, 1.807) is 0 Å². The molecule has 3 heteroatoms. The minimum absolute atomic E-state index is 0.115. The fourth-order valence-corrected chi connectivity index (χ4v) is 1.92. The lowest BCUT2D eigenvalue weighted by atomic mass is 10.1. The van der Waals surface area contributed by atoms with Crippen molar-refractivity contribution >= 4 is 0 Å². The molecule has 2 rings (SSSR count). The van der Waals surface area contributed by atoms with Crippen molar-refractivity contribution in [1.29, 1.82) is 5.26 Å². The summed E-state index contributed by atoms with van der Waals surface area (Å²) in [5.74, 6) is -0.701. The number of nitrogens with zero attached hydrogens (tertiary/aromatic N) is 1. The topological polar surface area (TPSA) is 42.2 Å². The van der Waals surface area contributed by atoms with E-state index in [-0.39, 0.29) is 6.10 Å². The van der Waals surface area contributed by atoms with Gasteiger partial charge in [-0.1, -0.05) is 29.8 Å². The quantitative estimate of drug-likeness (QED) is 0.764. The van der Waals surface area contributed by atoms with Crippen molar-refractivity contribution < 1.29 is 9.47 Å². The summed E-state index contributed by atoms with van der Waals surface area (Å²) in [4.78, 5) is 0. The van der Waals surface area contributed by atoms with Crippen LogP contribution >= 0.6 is 0 Å².